The molecule has 2 aromatic heterocycles. The summed E-state index contributed by atoms with van der Waals surface area (Å²) in [5.74, 6) is 0.923. The van der Waals surface area contributed by atoms with Gasteiger partial charge in [-0.3, -0.25) is 0 Å². The van der Waals surface area contributed by atoms with E-state index in [0.717, 1.165) is 21.9 Å². The van der Waals surface area contributed by atoms with Crippen LogP contribution in [0.1, 0.15) is 5.82 Å². The predicted octanol–water partition coefficient (Wildman–Crippen LogP) is 2.97. The minimum atomic E-state index is -0.292. The van der Waals surface area contributed by atoms with Gasteiger partial charge < -0.3 is 4.98 Å². The number of rotatable bonds is 4. The molecular weight excluding hydrogens is 315 g/mol. The maximum atomic E-state index is 13.0. The zero-order valence-electron chi connectivity index (χ0n) is 11.8. The predicted molar refractivity (Wildman–Crippen MR) is 84.8 cm³/mol. The molecule has 0 radical (unpaired) electrons. The SMILES string of the molecule is Fc1ccc(-n2nnnc2CSc2nc3ccccc3[nH]2)cc1. The third kappa shape index (κ3) is 2.80. The minimum Gasteiger partial charge on any atom is -0.333 e. The largest absolute Gasteiger partial charge is 0.333 e. The third-order valence-corrected chi connectivity index (χ3v) is 4.18. The molecule has 0 saturated heterocycles. The van der Waals surface area contributed by atoms with Crippen LogP contribution in [0.15, 0.2) is 53.7 Å². The molecule has 0 bridgehead atoms. The number of benzene rings is 2. The maximum absolute atomic E-state index is 13.0. The second kappa shape index (κ2) is 5.81. The second-order valence-corrected chi connectivity index (χ2v) is 5.80. The van der Waals surface area contributed by atoms with Crippen molar-refractivity contribution in [1.82, 2.24) is 30.2 Å². The molecule has 2 aromatic carbocycles. The summed E-state index contributed by atoms with van der Waals surface area (Å²) in [7, 11) is 0. The van der Waals surface area contributed by atoms with Gasteiger partial charge in [0, 0.05) is 0 Å². The van der Waals surface area contributed by atoms with Gasteiger partial charge in [-0.25, -0.2) is 9.37 Å². The van der Waals surface area contributed by atoms with Gasteiger partial charge in [-0.1, -0.05) is 23.9 Å². The van der Waals surface area contributed by atoms with E-state index in [4.69, 9.17) is 0 Å². The summed E-state index contributed by atoms with van der Waals surface area (Å²) in [5, 5.41) is 12.5. The summed E-state index contributed by atoms with van der Waals surface area (Å²) < 4.78 is 14.6. The molecule has 0 unspecified atom stereocenters. The molecule has 0 aliphatic rings. The maximum Gasteiger partial charge on any atom is 0.167 e. The van der Waals surface area contributed by atoms with E-state index >= 15 is 0 Å². The standard InChI is InChI=1S/C15H11FN6S/c16-10-5-7-11(8-6-10)22-14(19-20-21-22)9-23-15-17-12-3-1-2-4-13(12)18-15/h1-8H,9H2,(H,17,18). The van der Waals surface area contributed by atoms with Crippen LogP contribution in [0.4, 0.5) is 4.39 Å². The van der Waals surface area contributed by atoms with E-state index in [1.165, 1.54) is 23.9 Å². The Balaban J connectivity index is 1.55. The summed E-state index contributed by atoms with van der Waals surface area (Å²) in [4.78, 5) is 7.76. The van der Waals surface area contributed by atoms with Gasteiger partial charge in [0.1, 0.15) is 5.82 Å². The Kier molecular flexibility index (Phi) is 3.51. The quantitative estimate of drug-likeness (QED) is 0.584. The summed E-state index contributed by atoms with van der Waals surface area (Å²) in [6, 6.07) is 13.9. The van der Waals surface area contributed by atoms with Crippen LogP contribution in [0.5, 0.6) is 0 Å². The molecule has 114 valence electrons. The molecule has 6 nitrogen and oxygen atoms in total. The number of imidazole rings is 1. The van der Waals surface area contributed by atoms with E-state index in [2.05, 4.69) is 25.5 Å². The van der Waals surface area contributed by atoms with Crippen LogP contribution in [-0.4, -0.2) is 30.2 Å². The molecule has 8 heteroatoms. The number of nitrogens with one attached hydrogen (secondary N) is 1. The first-order valence-corrected chi connectivity index (χ1v) is 7.89. The Labute approximate surface area is 134 Å². The number of nitrogens with zero attached hydrogens (tertiary/aromatic N) is 5. The fourth-order valence-corrected chi connectivity index (χ4v) is 3.00. The Bertz CT molecular complexity index is 913. The van der Waals surface area contributed by atoms with E-state index in [-0.39, 0.29) is 5.82 Å². The highest BCUT2D eigenvalue weighted by Gasteiger charge is 2.10. The molecule has 4 rings (SSSR count). The van der Waals surface area contributed by atoms with Crippen LogP contribution in [0.25, 0.3) is 16.7 Å². The molecule has 23 heavy (non-hydrogen) atoms. The lowest BCUT2D eigenvalue weighted by Gasteiger charge is -2.03. The highest BCUT2D eigenvalue weighted by atomic mass is 32.2. The number of H-pyrrole nitrogens is 1. The molecule has 4 aromatic rings. The fourth-order valence-electron chi connectivity index (χ4n) is 2.21. The zero-order chi connectivity index (χ0) is 15.6. The monoisotopic (exact) mass is 326 g/mol. The van der Waals surface area contributed by atoms with E-state index < -0.39 is 0 Å². The molecule has 1 N–H and O–H groups in total. The molecule has 2 heterocycles. The van der Waals surface area contributed by atoms with Crippen molar-refractivity contribution in [3.05, 3.63) is 60.2 Å². The van der Waals surface area contributed by atoms with Crippen molar-refractivity contribution in [3.63, 3.8) is 0 Å². The Morgan fingerprint density at radius 3 is 2.74 bits per heavy atom. The number of aromatic nitrogens is 6. The Morgan fingerprint density at radius 1 is 1.09 bits per heavy atom. The summed E-state index contributed by atoms with van der Waals surface area (Å²) in [5.41, 5.74) is 2.64. The molecule has 0 saturated carbocycles. The molecule has 0 spiro atoms. The number of fused-ring (bicyclic) bond motifs is 1. The number of tetrazole rings is 1. The lowest BCUT2D eigenvalue weighted by Crippen LogP contribution is -2.02. The molecular formula is C15H11FN6S. The van der Waals surface area contributed by atoms with Gasteiger partial charge in [0.2, 0.25) is 0 Å². The molecule has 0 fully saturated rings. The normalized spacial score (nSPS) is 11.2. The van der Waals surface area contributed by atoms with E-state index in [0.29, 0.717) is 11.6 Å². The zero-order valence-corrected chi connectivity index (χ0v) is 12.7. The van der Waals surface area contributed by atoms with Crippen molar-refractivity contribution >= 4 is 22.8 Å². The number of hydrogen-bond acceptors (Lipinski definition) is 5. The van der Waals surface area contributed by atoms with Gasteiger partial charge in [0.05, 0.1) is 22.5 Å². The van der Waals surface area contributed by atoms with Crippen molar-refractivity contribution in [3.8, 4) is 5.69 Å². The number of hydrogen-bond donors (Lipinski definition) is 1. The first kappa shape index (κ1) is 13.9. The third-order valence-electron chi connectivity index (χ3n) is 3.31. The van der Waals surface area contributed by atoms with Crippen LogP contribution in [0.3, 0.4) is 0 Å². The molecule has 0 amide bonds. The summed E-state index contributed by atoms with van der Waals surface area (Å²) >= 11 is 1.51. The van der Waals surface area contributed by atoms with E-state index in [1.54, 1.807) is 16.8 Å². The summed E-state index contributed by atoms with van der Waals surface area (Å²) in [6.07, 6.45) is 0. The average molecular weight is 326 g/mol. The van der Waals surface area contributed by atoms with Gasteiger partial charge in [0.25, 0.3) is 0 Å². The Hall–Kier alpha value is -2.74. The first-order chi connectivity index (χ1) is 11.3. The van der Waals surface area contributed by atoms with Crippen molar-refractivity contribution < 1.29 is 4.39 Å². The van der Waals surface area contributed by atoms with Crippen LogP contribution in [0.2, 0.25) is 0 Å². The lowest BCUT2D eigenvalue weighted by atomic mass is 10.3. The van der Waals surface area contributed by atoms with Crippen LogP contribution in [0, 0.1) is 5.82 Å². The Morgan fingerprint density at radius 2 is 1.91 bits per heavy atom. The lowest BCUT2D eigenvalue weighted by molar-refractivity contribution is 0.626. The molecule has 0 atom stereocenters. The minimum absolute atomic E-state index is 0.292. The van der Waals surface area contributed by atoms with Crippen LogP contribution >= 0.6 is 11.8 Å². The summed E-state index contributed by atoms with van der Waals surface area (Å²) in [6.45, 7) is 0. The number of halogens is 1. The van der Waals surface area contributed by atoms with Crippen LogP contribution in [-0.2, 0) is 5.75 Å². The van der Waals surface area contributed by atoms with Gasteiger partial charge in [0.15, 0.2) is 11.0 Å². The number of thioether (sulfide) groups is 1. The van der Waals surface area contributed by atoms with Gasteiger partial charge in [-0.05, 0) is 46.8 Å². The van der Waals surface area contributed by atoms with Gasteiger partial charge in [-0.15, -0.1) is 5.10 Å². The van der Waals surface area contributed by atoms with E-state index in [9.17, 15) is 4.39 Å². The van der Waals surface area contributed by atoms with Crippen molar-refractivity contribution in [2.45, 2.75) is 10.9 Å². The van der Waals surface area contributed by atoms with Gasteiger partial charge >= 0.3 is 0 Å². The second-order valence-electron chi connectivity index (χ2n) is 4.83. The van der Waals surface area contributed by atoms with Crippen molar-refractivity contribution in [1.29, 1.82) is 0 Å². The average Bonchev–Trinajstić information content (AvgIpc) is 3.19. The topological polar surface area (TPSA) is 72.3 Å². The first-order valence-electron chi connectivity index (χ1n) is 6.90. The van der Waals surface area contributed by atoms with E-state index in [1.807, 2.05) is 24.3 Å². The molecule has 0 aliphatic carbocycles. The fraction of sp³-hybridized carbons (Fsp3) is 0.0667. The highest BCUT2D eigenvalue weighted by Crippen LogP contribution is 2.22. The highest BCUT2D eigenvalue weighted by molar-refractivity contribution is 7.98. The molecule has 0 aliphatic heterocycles. The number of para-hydroxylation sites is 2. The van der Waals surface area contributed by atoms with Crippen molar-refractivity contribution in [2.24, 2.45) is 0 Å². The number of aromatic amines is 1. The van der Waals surface area contributed by atoms with Crippen molar-refractivity contribution in [2.75, 3.05) is 0 Å². The van der Waals surface area contributed by atoms with Gasteiger partial charge in [-0.2, -0.15) is 4.68 Å². The smallest absolute Gasteiger partial charge is 0.167 e. The van der Waals surface area contributed by atoms with Crippen LogP contribution < -0.4 is 0 Å².